The molecule has 0 bridgehead atoms. The molecule has 1 aromatic heterocycles. The number of carbonyl (C=O) groups is 2. The van der Waals surface area contributed by atoms with Crippen LogP contribution in [0.1, 0.15) is 5.56 Å². The Hall–Kier alpha value is -2.34. The number of aromatic amines is 1. The van der Waals surface area contributed by atoms with Crippen molar-refractivity contribution >= 4 is 22.8 Å². The summed E-state index contributed by atoms with van der Waals surface area (Å²) in [7, 11) is 1.46. The molecular weight excluding hydrogens is 258 g/mol. The number of aliphatic carboxylic acids is 1. The van der Waals surface area contributed by atoms with Gasteiger partial charge >= 0.3 is 5.97 Å². The van der Waals surface area contributed by atoms with Crippen molar-refractivity contribution in [3.63, 3.8) is 0 Å². The van der Waals surface area contributed by atoms with Crippen LogP contribution in [0.15, 0.2) is 30.5 Å². The first-order valence-corrected chi connectivity index (χ1v) is 6.28. The summed E-state index contributed by atoms with van der Waals surface area (Å²) >= 11 is 0. The molecule has 1 atom stereocenters. The van der Waals surface area contributed by atoms with E-state index < -0.39 is 17.9 Å². The molecule has 6 nitrogen and oxygen atoms in total. The Morgan fingerprint density at radius 2 is 2.10 bits per heavy atom. The Labute approximate surface area is 116 Å². The highest BCUT2D eigenvalue weighted by Crippen LogP contribution is 2.20. The average molecular weight is 275 g/mol. The lowest BCUT2D eigenvalue weighted by atomic mass is 10.0. The highest BCUT2D eigenvalue weighted by Gasteiger charge is 2.26. The molecule has 0 saturated heterocycles. The monoisotopic (exact) mass is 275 g/mol. The number of hydrogen-bond acceptors (Lipinski definition) is 3. The van der Waals surface area contributed by atoms with E-state index in [4.69, 9.17) is 5.73 Å². The number of nitrogens with one attached hydrogen (secondary N) is 1. The summed E-state index contributed by atoms with van der Waals surface area (Å²) in [6.45, 7) is -0.200. The zero-order chi connectivity index (χ0) is 14.7. The van der Waals surface area contributed by atoms with E-state index in [1.54, 1.807) is 6.20 Å². The molecule has 0 aliphatic rings. The number of carbonyl (C=O) groups excluding carboxylic acids is 1. The lowest BCUT2D eigenvalue weighted by Gasteiger charge is -2.24. The molecule has 20 heavy (non-hydrogen) atoms. The zero-order valence-electron chi connectivity index (χ0n) is 11.2. The van der Waals surface area contributed by atoms with Crippen LogP contribution in [-0.4, -0.2) is 46.5 Å². The van der Waals surface area contributed by atoms with Crippen LogP contribution in [-0.2, 0) is 16.0 Å². The number of nitrogens with two attached hydrogens (primary N) is 1. The van der Waals surface area contributed by atoms with E-state index in [1.807, 2.05) is 24.3 Å². The molecule has 1 aromatic carbocycles. The fourth-order valence-electron chi connectivity index (χ4n) is 2.22. The average Bonchev–Trinajstić information content (AvgIpc) is 2.86. The van der Waals surface area contributed by atoms with Gasteiger partial charge in [0.2, 0.25) is 5.91 Å². The highest BCUT2D eigenvalue weighted by molar-refractivity contribution is 5.87. The molecule has 0 saturated carbocycles. The highest BCUT2D eigenvalue weighted by atomic mass is 16.4. The van der Waals surface area contributed by atoms with Crippen molar-refractivity contribution in [2.45, 2.75) is 12.5 Å². The number of rotatable bonds is 5. The summed E-state index contributed by atoms with van der Waals surface area (Å²) in [4.78, 5) is 27.2. The van der Waals surface area contributed by atoms with Crippen molar-refractivity contribution in [2.75, 3.05) is 13.6 Å². The van der Waals surface area contributed by atoms with Crippen LogP contribution in [0.25, 0.3) is 10.9 Å². The largest absolute Gasteiger partial charge is 0.480 e. The maximum Gasteiger partial charge on any atom is 0.326 e. The molecule has 0 aliphatic heterocycles. The van der Waals surface area contributed by atoms with Crippen molar-refractivity contribution in [3.05, 3.63) is 36.0 Å². The van der Waals surface area contributed by atoms with Gasteiger partial charge in [-0.05, 0) is 11.6 Å². The number of fused-ring (bicyclic) bond motifs is 1. The van der Waals surface area contributed by atoms with Gasteiger partial charge in [0.05, 0.1) is 6.54 Å². The number of nitrogens with zero attached hydrogens (tertiary/aromatic N) is 1. The van der Waals surface area contributed by atoms with E-state index in [1.165, 1.54) is 11.9 Å². The van der Waals surface area contributed by atoms with Crippen molar-refractivity contribution in [1.29, 1.82) is 0 Å². The van der Waals surface area contributed by atoms with E-state index >= 15 is 0 Å². The number of hydrogen-bond donors (Lipinski definition) is 3. The Morgan fingerprint density at radius 1 is 1.40 bits per heavy atom. The van der Waals surface area contributed by atoms with Crippen molar-refractivity contribution in [3.8, 4) is 0 Å². The number of aromatic nitrogens is 1. The fraction of sp³-hybridized carbons (Fsp3) is 0.286. The van der Waals surface area contributed by atoms with Gasteiger partial charge in [0.25, 0.3) is 0 Å². The number of carboxylic acid groups (broad SMARTS) is 1. The molecule has 0 radical (unpaired) electrons. The Bertz CT molecular complexity index is 635. The second-order valence-corrected chi connectivity index (χ2v) is 4.63. The standard InChI is InChI=1S/C14H17N3O3/c1-17(13(18)7-15)12(14(19)20)6-9-8-16-11-5-3-2-4-10(9)11/h2-5,8,12,16H,6-7,15H2,1H3,(H,19,20)/t12-/m1/s1. The molecule has 0 aliphatic carbocycles. The van der Waals surface area contributed by atoms with Crippen LogP contribution in [0.2, 0.25) is 0 Å². The second kappa shape index (κ2) is 5.75. The van der Waals surface area contributed by atoms with Gasteiger partial charge in [-0.15, -0.1) is 0 Å². The lowest BCUT2D eigenvalue weighted by molar-refractivity contribution is -0.148. The first-order chi connectivity index (χ1) is 9.54. The van der Waals surface area contributed by atoms with Crippen LogP contribution in [0.4, 0.5) is 0 Å². The maximum atomic E-state index is 11.6. The molecule has 6 heteroatoms. The minimum absolute atomic E-state index is 0.200. The SMILES string of the molecule is CN(C(=O)CN)[C@H](Cc1c[nH]c2ccccc12)C(=O)O. The van der Waals surface area contributed by atoms with Gasteiger partial charge in [0, 0.05) is 30.6 Å². The molecule has 1 amide bonds. The van der Waals surface area contributed by atoms with Crippen molar-refractivity contribution < 1.29 is 14.7 Å². The number of H-pyrrole nitrogens is 1. The predicted octanol–water partition coefficient (Wildman–Crippen LogP) is 0.581. The minimum Gasteiger partial charge on any atom is -0.480 e. The number of para-hydroxylation sites is 1. The topological polar surface area (TPSA) is 99.4 Å². The third kappa shape index (κ3) is 2.65. The normalized spacial score (nSPS) is 12.3. The van der Waals surface area contributed by atoms with E-state index in [-0.39, 0.29) is 13.0 Å². The smallest absolute Gasteiger partial charge is 0.326 e. The summed E-state index contributed by atoms with van der Waals surface area (Å²) in [5, 5.41) is 10.3. The molecule has 0 spiro atoms. The third-order valence-corrected chi connectivity index (χ3v) is 3.41. The number of carboxylic acids is 1. The molecule has 106 valence electrons. The van der Waals surface area contributed by atoms with Gasteiger partial charge in [0.1, 0.15) is 6.04 Å². The van der Waals surface area contributed by atoms with Gasteiger partial charge in [-0.3, -0.25) is 4.79 Å². The maximum absolute atomic E-state index is 11.6. The van der Waals surface area contributed by atoms with Gasteiger partial charge in [-0.25, -0.2) is 4.79 Å². The van der Waals surface area contributed by atoms with E-state index in [9.17, 15) is 14.7 Å². The van der Waals surface area contributed by atoms with Gasteiger partial charge in [-0.1, -0.05) is 18.2 Å². The van der Waals surface area contributed by atoms with Crippen LogP contribution >= 0.6 is 0 Å². The second-order valence-electron chi connectivity index (χ2n) is 4.63. The number of benzene rings is 1. The zero-order valence-corrected chi connectivity index (χ0v) is 11.2. The summed E-state index contributed by atoms with van der Waals surface area (Å²) in [5.41, 5.74) is 7.09. The fourth-order valence-corrected chi connectivity index (χ4v) is 2.22. The van der Waals surface area contributed by atoms with Crippen LogP contribution in [0.3, 0.4) is 0 Å². The molecule has 0 unspecified atom stereocenters. The molecule has 0 fully saturated rings. The summed E-state index contributed by atoms with van der Waals surface area (Å²) in [6.07, 6.45) is 2.02. The van der Waals surface area contributed by atoms with E-state index in [0.717, 1.165) is 16.5 Å². The molecule has 2 aromatic rings. The molecule has 2 rings (SSSR count). The lowest BCUT2D eigenvalue weighted by Crippen LogP contribution is -2.46. The molecule has 1 heterocycles. The van der Waals surface area contributed by atoms with E-state index in [0.29, 0.717) is 0 Å². The first-order valence-electron chi connectivity index (χ1n) is 6.28. The predicted molar refractivity (Wildman–Crippen MR) is 75.3 cm³/mol. The summed E-state index contributed by atoms with van der Waals surface area (Å²) in [5.74, 6) is -1.43. The Kier molecular flexibility index (Phi) is 4.05. The van der Waals surface area contributed by atoms with Crippen LogP contribution in [0.5, 0.6) is 0 Å². The van der Waals surface area contributed by atoms with Gasteiger partial charge in [0.15, 0.2) is 0 Å². The van der Waals surface area contributed by atoms with Crippen LogP contribution in [0, 0.1) is 0 Å². The van der Waals surface area contributed by atoms with Crippen molar-refractivity contribution in [1.82, 2.24) is 9.88 Å². The molecule has 4 N–H and O–H groups in total. The quantitative estimate of drug-likeness (QED) is 0.743. The van der Waals surface area contributed by atoms with Crippen LogP contribution < -0.4 is 5.73 Å². The minimum atomic E-state index is -1.04. The van der Waals surface area contributed by atoms with Crippen molar-refractivity contribution in [2.24, 2.45) is 5.73 Å². The first kappa shape index (κ1) is 14.1. The third-order valence-electron chi connectivity index (χ3n) is 3.41. The molecular formula is C14H17N3O3. The number of likely N-dealkylation sites (N-methyl/N-ethyl adjacent to an activating group) is 1. The summed E-state index contributed by atoms with van der Waals surface area (Å²) in [6, 6.07) is 6.71. The Morgan fingerprint density at radius 3 is 2.75 bits per heavy atom. The van der Waals surface area contributed by atoms with Gasteiger partial charge < -0.3 is 20.7 Å². The number of amides is 1. The van der Waals surface area contributed by atoms with E-state index in [2.05, 4.69) is 4.98 Å². The summed E-state index contributed by atoms with van der Waals surface area (Å²) < 4.78 is 0. The Balaban J connectivity index is 2.29. The van der Waals surface area contributed by atoms with Gasteiger partial charge in [-0.2, -0.15) is 0 Å².